The highest BCUT2D eigenvalue weighted by Crippen LogP contribution is 2.24. The minimum atomic E-state index is -0.218. The van der Waals surface area contributed by atoms with Crippen LogP contribution < -0.4 is 15.5 Å². The number of piperidine rings is 2. The molecule has 0 spiro atoms. The van der Waals surface area contributed by atoms with Crippen molar-refractivity contribution >= 4 is 29.0 Å². The fourth-order valence-electron chi connectivity index (χ4n) is 4.33. The van der Waals surface area contributed by atoms with Gasteiger partial charge in [0.25, 0.3) is 5.91 Å². The van der Waals surface area contributed by atoms with Gasteiger partial charge in [-0.2, -0.15) is 11.3 Å². The Hall–Kier alpha value is -2.61. The Morgan fingerprint density at radius 2 is 1.87 bits per heavy atom. The number of urea groups is 1. The fourth-order valence-corrected chi connectivity index (χ4v) is 4.97. The van der Waals surface area contributed by atoms with Crippen molar-refractivity contribution in [2.75, 3.05) is 31.1 Å². The Morgan fingerprint density at radius 1 is 1.06 bits per heavy atom. The number of amides is 3. The minimum Gasteiger partial charge on any atom is -0.367 e. The molecule has 1 aromatic carbocycles. The number of carbonyl (C=O) groups excluding carboxylic acids is 2. The number of carbonyl (C=O) groups is 2. The zero-order valence-electron chi connectivity index (χ0n) is 17.8. The maximum Gasteiger partial charge on any atom is 0.317 e. The van der Waals surface area contributed by atoms with E-state index in [1.54, 1.807) is 6.07 Å². The van der Waals surface area contributed by atoms with Crippen LogP contribution in [0, 0.1) is 12.7 Å². The largest absolute Gasteiger partial charge is 0.367 e. The lowest BCUT2D eigenvalue weighted by Gasteiger charge is -2.37. The minimum absolute atomic E-state index is 0.00261. The van der Waals surface area contributed by atoms with E-state index >= 15 is 0 Å². The molecule has 2 fully saturated rings. The summed E-state index contributed by atoms with van der Waals surface area (Å²) in [6.45, 7) is 4.59. The van der Waals surface area contributed by atoms with Crippen LogP contribution in [-0.2, 0) is 0 Å². The molecule has 2 aliphatic heterocycles. The molecule has 2 N–H and O–H groups in total. The first-order chi connectivity index (χ1) is 15.0. The first-order valence-corrected chi connectivity index (χ1v) is 11.8. The Kier molecular flexibility index (Phi) is 6.75. The number of nitrogens with one attached hydrogen (secondary N) is 2. The van der Waals surface area contributed by atoms with Crippen LogP contribution >= 0.6 is 11.3 Å². The number of hydrogen-bond acceptors (Lipinski definition) is 4. The van der Waals surface area contributed by atoms with Crippen molar-refractivity contribution in [1.29, 1.82) is 0 Å². The van der Waals surface area contributed by atoms with Gasteiger partial charge in [0.1, 0.15) is 5.82 Å². The maximum atomic E-state index is 14.3. The van der Waals surface area contributed by atoms with Crippen LogP contribution in [0.5, 0.6) is 0 Å². The second kappa shape index (κ2) is 9.68. The van der Waals surface area contributed by atoms with Crippen molar-refractivity contribution in [3.63, 3.8) is 0 Å². The van der Waals surface area contributed by atoms with Gasteiger partial charge in [-0.05, 0) is 61.7 Å². The highest BCUT2D eigenvalue weighted by Gasteiger charge is 2.28. The zero-order chi connectivity index (χ0) is 21.8. The number of anilines is 1. The summed E-state index contributed by atoms with van der Waals surface area (Å²) in [6, 6.07) is 6.98. The molecule has 2 aliphatic rings. The Morgan fingerprint density at radius 3 is 2.61 bits per heavy atom. The SMILES string of the molecule is Cc1ccc(F)c(N2CCCC(NC(=O)N3CCC(NC(=O)c4ccsc4)CC3)C2)c1. The molecule has 2 aromatic rings. The van der Waals surface area contributed by atoms with Gasteiger partial charge in [0, 0.05) is 49.2 Å². The van der Waals surface area contributed by atoms with Gasteiger partial charge in [-0.3, -0.25) is 4.79 Å². The van der Waals surface area contributed by atoms with Gasteiger partial charge in [0.05, 0.1) is 5.69 Å². The average molecular weight is 445 g/mol. The molecule has 8 heteroatoms. The van der Waals surface area contributed by atoms with E-state index in [0.29, 0.717) is 30.9 Å². The predicted octanol–water partition coefficient (Wildman–Crippen LogP) is 3.77. The lowest BCUT2D eigenvalue weighted by Crippen LogP contribution is -2.54. The van der Waals surface area contributed by atoms with E-state index in [1.165, 1.54) is 17.4 Å². The molecule has 1 atom stereocenters. The molecule has 1 unspecified atom stereocenters. The van der Waals surface area contributed by atoms with E-state index in [9.17, 15) is 14.0 Å². The molecule has 3 heterocycles. The quantitative estimate of drug-likeness (QED) is 0.755. The van der Waals surface area contributed by atoms with Gasteiger partial charge in [-0.1, -0.05) is 6.07 Å². The molecule has 6 nitrogen and oxygen atoms in total. The molecule has 1 aromatic heterocycles. The second-order valence-corrected chi connectivity index (χ2v) is 9.22. The lowest BCUT2D eigenvalue weighted by molar-refractivity contribution is 0.0918. The highest BCUT2D eigenvalue weighted by molar-refractivity contribution is 7.08. The molecule has 3 amide bonds. The smallest absolute Gasteiger partial charge is 0.317 e. The topological polar surface area (TPSA) is 64.7 Å². The van der Waals surface area contributed by atoms with Gasteiger partial charge in [0.15, 0.2) is 0 Å². The van der Waals surface area contributed by atoms with Crippen molar-refractivity contribution in [3.8, 4) is 0 Å². The summed E-state index contributed by atoms with van der Waals surface area (Å²) < 4.78 is 14.3. The summed E-state index contributed by atoms with van der Waals surface area (Å²) in [5.41, 5.74) is 2.33. The zero-order valence-corrected chi connectivity index (χ0v) is 18.6. The van der Waals surface area contributed by atoms with E-state index in [2.05, 4.69) is 10.6 Å². The van der Waals surface area contributed by atoms with Crippen LogP contribution in [0.15, 0.2) is 35.0 Å². The molecule has 0 aliphatic carbocycles. The highest BCUT2D eigenvalue weighted by atomic mass is 32.1. The fraction of sp³-hybridized carbons (Fsp3) is 0.478. The molecule has 0 bridgehead atoms. The van der Waals surface area contributed by atoms with Crippen molar-refractivity contribution < 1.29 is 14.0 Å². The van der Waals surface area contributed by atoms with Crippen LogP contribution in [0.4, 0.5) is 14.9 Å². The molecular weight excluding hydrogens is 415 g/mol. The summed E-state index contributed by atoms with van der Waals surface area (Å²) in [5.74, 6) is -0.265. The predicted molar refractivity (Wildman–Crippen MR) is 121 cm³/mol. The van der Waals surface area contributed by atoms with Crippen molar-refractivity contribution in [2.45, 2.75) is 44.7 Å². The van der Waals surface area contributed by atoms with Crippen LogP contribution in [0.2, 0.25) is 0 Å². The Labute approximate surface area is 186 Å². The molecule has 166 valence electrons. The van der Waals surface area contributed by atoms with Gasteiger partial charge >= 0.3 is 6.03 Å². The van der Waals surface area contributed by atoms with Crippen molar-refractivity contribution in [1.82, 2.24) is 15.5 Å². The summed E-state index contributed by atoms with van der Waals surface area (Å²) in [5, 5.41) is 9.93. The standard InChI is InChI=1S/C23H29FN4O2S/c1-16-4-5-20(24)21(13-16)28-9-2-3-19(14-28)26-23(30)27-10-6-18(7-11-27)25-22(29)17-8-12-31-15-17/h4-5,8,12-13,15,18-19H,2-3,6-7,9-11,14H2,1H3,(H,25,29)(H,26,30). The van der Waals surface area contributed by atoms with Crippen molar-refractivity contribution in [3.05, 3.63) is 52.0 Å². The molecule has 31 heavy (non-hydrogen) atoms. The summed E-state index contributed by atoms with van der Waals surface area (Å²) in [6.07, 6.45) is 3.29. The third-order valence-electron chi connectivity index (χ3n) is 6.09. The van der Waals surface area contributed by atoms with E-state index in [1.807, 2.05) is 39.6 Å². The van der Waals surface area contributed by atoms with E-state index < -0.39 is 0 Å². The molecule has 2 saturated heterocycles. The number of halogens is 1. The van der Waals surface area contributed by atoms with Gasteiger partial charge in [-0.15, -0.1) is 0 Å². The van der Waals surface area contributed by atoms with Crippen LogP contribution in [0.3, 0.4) is 0 Å². The molecule has 0 saturated carbocycles. The third kappa shape index (κ3) is 5.36. The number of hydrogen-bond donors (Lipinski definition) is 2. The number of thiophene rings is 1. The Balaban J connectivity index is 1.26. The first kappa shape index (κ1) is 21.6. The number of rotatable bonds is 4. The van der Waals surface area contributed by atoms with Gasteiger partial charge in [0.2, 0.25) is 0 Å². The van der Waals surface area contributed by atoms with E-state index in [4.69, 9.17) is 0 Å². The number of likely N-dealkylation sites (tertiary alicyclic amines) is 1. The van der Waals surface area contributed by atoms with Crippen LogP contribution in [0.25, 0.3) is 0 Å². The monoisotopic (exact) mass is 444 g/mol. The second-order valence-electron chi connectivity index (χ2n) is 8.44. The van der Waals surface area contributed by atoms with E-state index in [-0.39, 0.29) is 29.8 Å². The number of aryl methyl sites for hydroxylation is 1. The van der Waals surface area contributed by atoms with Crippen molar-refractivity contribution in [2.24, 2.45) is 0 Å². The lowest BCUT2D eigenvalue weighted by atomic mass is 10.0. The van der Waals surface area contributed by atoms with Gasteiger partial charge in [-0.25, -0.2) is 9.18 Å². The summed E-state index contributed by atoms with van der Waals surface area (Å²) in [7, 11) is 0. The van der Waals surface area contributed by atoms with Gasteiger partial charge < -0.3 is 20.4 Å². The number of nitrogens with zero attached hydrogens (tertiary/aromatic N) is 2. The molecule has 0 radical (unpaired) electrons. The Bertz CT molecular complexity index is 912. The molecular formula is C23H29FN4O2S. The van der Waals surface area contributed by atoms with Crippen LogP contribution in [0.1, 0.15) is 41.6 Å². The average Bonchev–Trinajstić information content (AvgIpc) is 3.31. The normalized spacial score (nSPS) is 19.9. The molecule has 4 rings (SSSR count). The third-order valence-corrected chi connectivity index (χ3v) is 6.78. The number of benzene rings is 1. The van der Waals surface area contributed by atoms with Crippen LogP contribution in [-0.4, -0.2) is 55.1 Å². The van der Waals surface area contributed by atoms with E-state index in [0.717, 1.165) is 37.8 Å². The maximum absolute atomic E-state index is 14.3. The first-order valence-electron chi connectivity index (χ1n) is 10.9. The summed E-state index contributed by atoms with van der Waals surface area (Å²) in [4.78, 5) is 28.8. The summed E-state index contributed by atoms with van der Waals surface area (Å²) >= 11 is 1.50.